The van der Waals surface area contributed by atoms with E-state index >= 15 is 0 Å². The van der Waals surface area contributed by atoms with Gasteiger partial charge < -0.3 is 14.5 Å². The number of amides is 2. The zero-order chi connectivity index (χ0) is 20.5. The molecule has 152 valence electrons. The first kappa shape index (κ1) is 19.4. The number of hydrogen-bond donors (Lipinski definition) is 0. The van der Waals surface area contributed by atoms with E-state index in [9.17, 15) is 18.4 Å². The van der Waals surface area contributed by atoms with E-state index in [1.807, 2.05) is 0 Å². The number of benzene rings is 1. The molecular weight excluding hydrogens is 380 g/mol. The molecule has 0 radical (unpaired) electrons. The molecule has 2 fully saturated rings. The number of morpholine rings is 1. The standard InChI is InChI=1S/C21H21F2N3O3/c22-21(23)19(28)26(17-4-2-1-3-5-17)15-20(29-21)8-12-25(13-9-20)18(27)14-16-6-10-24-11-7-16/h1-7,10-11H,8-9,12-15H2. The Balaban J connectivity index is 1.46. The summed E-state index contributed by atoms with van der Waals surface area (Å²) in [6.45, 7) is 0.644. The van der Waals surface area contributed by atoms with Gasteiger partial charge in [-0.25, -0.2) is 0 Å². The first-order valence-corrected chi connectivity index (χ1v) is 9.50. The van der Waals surface area contributed by atoms with E-state index in [-0.39, 0.29) is 31.7 Å². The van der Waals surface area contributed by atoms with Crippen molar-refractivity contribution < 1.29 is 23.1 Å². The highest BCUT2D eigenvalue weighted by molar-refractivity contribution is 5.98. The molecule has 2 amide bonds. The summed E-state index contributed by atoms with van der Waals surface area (Å²) in [5.41, 5.74) is 0.0865. The number of alkyl halides is 2. The molecule has 1 spiro atoms. The van der Waals surface area contributed by atoms with E-state index in [1.165, 1.54) is 0 Å². The Morgan fingerprint density at radius 2 is 1.72 bits per heavy atom. The lowest BCUT2D eigenvalue weighted by atomic mass is 9.88. The van der Waals surface area contributed by atoms with Crippen molar-refractivity contribution in [3.63, 3.8) is 0 Å². The largest absolute Gasteiger partial charge is 0.437 e. The fourth-order valence-corrected chi connectivity index (χ4v) is 3.89. The van der Waals surface area contributed by atoms with Crippen LogP contribution in [0, 0.1) is 0 Å². The molecule has 0 saturated carbocycles. The smallest absolute Gasteiger partial charge is 0.342 e. The van der Waals surface area contributed by atoms with Crippen molar-refractivity contribution in [2.24, 2.45) is 0 Å². The Hall–Kier alpha value is -2.87. The maximum atomic E-state index is 14.4. The average Bonchev–Trinajstić information content (AvgIpc) is 2.72. The van der Waals surface area contributed by atoms with Crippen LogP contribution in [0.2, 0.25) is 0 Å². The first-order valence-electron chi connectivity index (χ1n) is 9.50. The maximum Gasteiger partial charge on any atom is 0.437 e. The van der Waals surface area contributed by atoms with Gasteiger partial charge in [0.1, 0.15) is 0 Å². The SMILES string of the molecule is O=C(Cc1ccncc1)N1CCC2(CC1)CN(c1ccccc1)C(=O)C(F)(F)O2. The molecule has 2 aliphatic heterocycles. The van der Waals surface area contributed by atoms with Crippen LogP contribution in [0.4, 0.5) is 14.5 Å². The van der Waals surface area contributed by atoms with Gasteiger partial charge in [0.15, 0.2) is 0 Å². The number of rotatable bonds is 3. The quantitative estimate of drug-likeness (QED) is 0.793. The van der Waals surface area contributed by atoms with Crippen LogP contribution >= 0.6 is 0 Å². The first-order chi connectivity index (χ1) is 13.9. The summed E-state index contributed by atoms with van der Waals surface area (Å²) >= 11 is 0. The van der Waals surface area contributed by atoms with E-state index in [2.05, 4.69) is 4.98 Å². The number of nitrogens with zero attached hydrogens (tertiary/aromatic N) is 3. The van der Waals surface area contributed by atoms with E-state index in [4.69, 9.17) is 4.74 Å². The van der Waals surface area contributed by atoms with Crippen molar-refractivity contribution in [2.75, 3.05) is 24.5 Å². The third-order valence-corrected chi connectivity index (χ3v) is 5.49. The minimum absolute atomic E-state index is 0.0395. The van der Waals surface area contributed by atoms with Gasteiger partial charge in [-0.1, -0.05) is 18.2 Å². The third-order valence-electron chi connectivity index (χ3n) is 5.49. The number of likely N-dealkylation sites (tertiary alicyclic amines) is 1. The van der Waals surface area contributed by atoms with Crippen molar-refractivity contribution in [3.05, 3.63) is 60.4 Å². The fraction of sp³-hybridized carbons (Fsp3) is 0.381. The number of carbonyl (C=O) groups is 2. The minimum atomic E-state index is -3.89. The summed E-state index contributed by atoms with van der Waals surface area (Å²) in [4.78, 5) is 31.5. The molecule has 2 aromatic rings. The summed E-state index contributed by atoms with van der Waals surface area (Å²) in [5, 5.41) is 0. The lowest BCUT2D eigenvalue weighted by Crippen LogP contribution is -2.65. The van der Waals surface area contributed by atoms with Gasteiger partial charge in [-0.3, -0.25) is 14.6 Å². The average molecular weight is 401 g/mol. The fourth-order valence-electron chi connectivity index (χ4n) is 3.89. The summed E-state index contributed by atoms with van der Waals surface area (Å²) in [7, 11) is 0. The van der Waals surface area contributed by atoms with Gasteiger partial charge >= 0.3 is 12.0 Å². The number of pyridine rings is 1. The number of carbonyl (C=O) groups excluding carboxylic acids is 2. The lowest BCUT2D eigenvalue weighted by molar-refractivity contribution is -0.292. The van der Waals surface area contributed by atoms with Crippen molar-refractivity contribution >= 4 is 17.5 Å². The van der Waals surface area contributed by atoms with Gasteiger partial charge in [-0.05, 0) is 42.7 Å². The third kappa shape index (κ3) is 3.98. The second kappa shape index (κ2) is 7.51. The van der Waals surface area contributed by atoms with Crippen LogP contribution in [0.25, 0.3) is 0 Å². The van der Waals surface area contributed by atoms with Gasteiger partial charge in [0.25, 0.3) is 0 Å². The normalized spacial score (nSPS) is 20.7. The number of halogens is 2. The van der Waals surface area contributed by atoms with Crippen molar-refractivity contribution in [2.45, 2.75) is 31.0 Å². The predicted octanol–water partition coefficient (Wildman–Crippen LogP) is 2.64. The summed E-state index contributed by atoms with van der Waals surface area (Å²) in [6.07, 6.45) is 0.0724. The summed E-state index contributed by atoms with van der Waals surface area (Å²) < 4.78 is 33.9. The van der Waals surface area contributed by atoms with Crippen molar-refractivity contribution in [1.82, 2.24) is 9.88 Å². The number of hydrogen-bond acceptors (Lipinski definition) is 4. The van der Waals surface area contributed by atoms with Crippen LogP contribution in [0.15, 0.2) is 54.9 Å². The molecule has 4 rings (SSSR count). The van der Waals surface area contributed by atoms with Crippen LogP contribution in [0.5, 0.6) is 0 Å². The molecule has 0 unspecified atom stereocenters. The Kier molecular flexibility index (Phi) is 5.04. The molecule has 6 nitrogen and oxygen atoms in total. The van der Waals surface area contributed by atoms with E-state index in [0.29, 0.717) is 18.8 Å². The molecule has 3 heterocycles. The monoisotopic (exact) mass is 401 g/mol. The summed E-state index contributed by atoms with van der Waals surface area (Å²) in [5.74, 6) is -1.42. The van der Waals surface area contributed by atoms with E-state index in [0.717, 1.165) is 10.5 Å². The Morgan fingerprint density at radius 1 is 1.07 bits per heavy atom. The zero-order valence-corrected chi connectivity index (χ0v) is 15.8. The van der Waals surface area contributed by atoms with E-state index < -0.39 is 17.6 Å². The molecule has 2 aliphatic rings. The molecule has 8 heteroatoms. The summed E-state index contributed by atoms with van der Waals surface area (Å²) in [6, 6.07) is 12.0. The van der Waals surface area contributed by atoms with Gasteiger partial charge in [0.05, 0.1) is 18.6 Å². The van der Waals surface area contributed by atoms with Gasteiger partial charge in [0, 0.05) is 31.2 Å². The van der Waals surface area contributed by atoms with Crippen LogP contribution in [0.3, 0.4) is 0 Å². The molecule has 0 aliphatic carbocycles. The van der Waals surface area contributed by atoms with Crippen LogP contribution in [0.1, 0.15) is 18.4 Å². The topological polar surface area (TPSA) is 62.7 Å². The molecule has 0 atom stereocenters. The number of piperidine rings is 1. The van der Waals surface area contributed by atoms with Crippen molar-refractivity contribution in [3.8, 4) is 0 Å². The van der Waals surface area contributed by atoms with Gasteiger partial charge in [-0.15, -0.1) is 0 Å². The number of para-hydroxylation sites is 1. The molecular formula is C21H21F2N3O3. The van der Waals surface area contributed by atoms with Crippen molar-refractivity contribution in [1.29, 1.82) is 0 Å². The van der Waals surface area contributed by atoms with E-state index in [1.54, 1.807) is 59.8 Å². The highest BCUT2D eigenvalue weighted by atomic mass is 19.3. The number of anilines is 1. The Morgan fingerprint density at radius 3 is 2.38 bits per heavy atom. The second-order valence-corrected chi connectivity index (χ2v) is 7.44. The zero-order valence-electron chi connectivity index (χ0n) is 15.8. The second-order valence-electron chi connectivity index (χ2n) is 7.44. The van der Waals surface area contributed by atoms with Crippen LogP contribution in [-0.4, -0.2) is 53.0 Å². The number of ether oxygens (including phenoxy) is 1. The molecule has 1 aromatic heterocycles. The van der Waals surface area contributed by atoms with Crippen LogP contribution < -0.4 is 4.90 Å². The minimum Gasteiger partial charge on any atom is -0.342 e. The Bertz CT molecular complexity index is 885. The highest BCUT2D eigenvalue weighted by Gasteiger charge is 2.57. The number of aromatic nitrogens is 1. The molecule has 0 N–H and O–H groups in total. The van der Waals surface area contributed by atoms with Crippen LogP contribution in [-0.2, 0) is 20.7 Å². The Labute approximate surface area is 167 Å². The molecule has 1 aromatic carbocycles. The highest BCUT2D eigenvalue weighted by Crippen LogP contribution is 2.40. The predicted molar refractivity (Wildman–Crippen MR) is 101 cm³/mol. The van der Waals surface area contributed by atoms with Gasteiger partial charge in [-0.2, -0.15) is 8.78 Å². The van der Waals surface area contributed by atoms with Gasteiger partial charge in [0.2, 0.25) is 5.91 Å². The molecule has 2 saturated heterocycles. The molecule has 0 bridgehead atoms. The lowest BCUT2D eigenvalue weighted by Gasteiger charge is -2.48. The molecule has 29 heavy (non-hydrogen) atoms. The maximum absolute atomic E-state index is 14.4.